The number of anilines is 1. The van der Waals surface area contributed by atoms with Crippen LogP contribution in [0.5, 0.6) is 0 Å². The van der Waals surface area contributed by atoms with Gasteiger partial charge in [-0.1, -0.05) is 29.8 Å². The Morgan fingerprint density at radius 3 is 2.68 bits per heavy atom. The van der Waals surface area contributed by atoms with Crippen molar-refractivity contribution in [1.82, 2.24) is 9.78 Å². The molecule has 0 bridgehead atoms. The zero-order valence-corrected chi connectivity index (χ0v) is 11.4. The van der Waals surface area contributed by atoms with Crippen LogP contribution in [0.15, 0.2) is 36.7 Å². The van der Waals surface area contributed by atoms with Crippen LogP contribution in [0.4, 0.5) is 5.69 Å². The summed E-state index contributed by atoms with van der Waals surface area (Å²) in [6, 6.07) is 8.44. The van der Waals surface area contributed by atoms with E-state index in [2.05, 4.69) is 41.6 Å². The van der Waals surface area contributed by atoms with E-state index in [-0.39, 0.29) is 5.91 Å². The Morgan fingerprint density at radius 1 is 1.32 bits per heavy atom. The lowest BCUT2D eigenvalue weighted by molar-refractivity contribution is -0.116. The number of amides is 1. The number of rotatable bonds is 5. The minimum atomic E-state index is 0.0418. The van der Waals surface area contributed by atoms with Gasteiger partial charge in [0.05, 0.1) is 11.9 Å². The second-order valence-electron chi connectivity index (χ2n) is 4.79. The molecule has 0 spiro atoms. The van der Waals surface area contributed by atoms with Crippen molar-refractivity contribution in [3.63, 3.8) is 0 Å². The van der Waals surface area contributed by atoms with Gasteiger partial charge in [-0.05, 0) is 25.3 Å². The van der Waals surface area contributed by atoms with E-state index in [0.717, 1.165) is 18.5 Å². The maximum atomic E-state index is 11.7. The molecule has 1 amide bonds. The standard InChI is InChI=1S/C15H19N3O/c1-12-6-8-13(9-7-12)4-3-5-15(19)17-14-10-16-18(2)11-14/h6-11H,3-5H2,1-2H3,(H,17,19). The Balaban J connectivity index is 1.73. The van der Waals surface area contributed by atoms with Gasteiger partial charge in [0.1, 0.15) is 0 Å². The zero-order chi connectivity index (χ0) is 13.7. The van der Waals surface area contributed by atoms with E-state index in [1.807, 2.05) is 7.05 Å². The van der Waals surface area contributed by atoms with Gasteiger partial charge in [-0.2, -0.15) is 5.10 Å². The van der Waals surface area contributed by atoms with Crippen molar-refractivity contribution in [2.45, 2.75) is 26.2 Å². The number of nitrogens with zero attached hydrogens (tertiary/aromatic N) is 2. The van der Waals surface area contributed by atoms with Crippen LogP contribution in [-0.2, 0) is 18.3 Å². The average Bonchev–Trinajstić information content (AvgIpc) is 2.77. The maximum Gasteiger partial charge on any atom is 0.224 e. The van der Waals surface area contributed by atoms with Crippen LogP contribution in [0, 0.1) is 6.92 Å². The molecule has 2 rings (SSSR count). The van der Waals surface area contributed by atoms with Gasteiger partial charge >= 0.3 is 0 Å². The third-order valence-electron chi connectivity index (χ3n) is 2.98. The van der Waals surface area contributed by atoms with Gasteiger partial charge in [-0.25, -0.2) is 0 Å². The molecule has 1 heterocycles. The van der Waals surface area contributed by atoms with E-state index in [0.29, 0.717) is 6.42 Å². The molecular weight excluding hydrogens is 238 g/mol. The van der Waals surface area contributed by atoms with Crippen LogP contribution in [0.2, 0.25) is 0 Å². The number of nitrogens with one attached hydrogen (secondary N) is 1. The normalized spacial score (nSPS) is 10.4. The Kier molecular flexibility index (Phi) is 4.34. The SMILES string of the molecule is Cc1ccc(CCCC(=O)Nc2cnn(C)c2)cc1. The molecule has 4 nitrogen and oxygen atoms in total. The molecule has 100 valence electrons. The molecule has 0 aliphatic rings. The number of carbonyl (C=O) groups excluding carboxylic acids is 1. The molecule has 2 aromatic rings. The number of aryl methyl sites for hydroxylation is 3. The van der Waals surface area contributed by atoms with Crippen molar-refractivity contribution in [3.05, 3.63) is 47.8 Å². The van der Waals surface area contributed by atoms with E-state index >= 15 is 0 Å². The highest BCUT2D eigenvalue weighted by molar-refractivity contribution is 5.90. The number of hydrogen-bond acceptors (Lipinski definition) is 2. The fraction of sp³-hybridized carbons (Fsp3) is 0.333. The van der Waals surface area contributed by atoms with Crippen LogP contribution >= 0.6 is 0 Å². The summed E-state index contributed by atoms with van der Waals surface area (Å²) >= 11 is 0. The Hall–Kier alpha value is -2.10. The third-order valence-corrected chi connectivity index (χ3v) is 2.98. The van der Waals surface area contributed by atoms with E-state index in [1.165, 1.54) is 11.1 Å². The van der Waals surface area contributed by atoms with E-state index in [9.17, 15) is 4.79 Å². The fourth-order valence-corrected chi connectivity index (χ4v) is 1.92. The van der Waals surface area contributed by atoms with Gasteiger partial charge in [-0.3, -0.25) is 9.48 Å². The maximum absolute atomic E-state index is 11.7. The van der Waals surface area contributed by atoms with Gasteiger partial charge < -0.3 is 5.32 Å². The number of carbonyl (C=O) groups is 1. The lowest BCUT2D eigenvalue weighted by atomic mass is 10.1. The summed E-state index contributed by atoms with van der Waals surface area (Å²) in [5.41, 5.74) is 3.29. The highest BCUT2D eigenvalue weighted by atomic mass is 16.1. The molecule has 0 fully saturated rings. The summed E-state index contributed by atoms with van der Waals surface area (Å²) in [6.07, 6.45) is 5.76. The van der Waals surface area contributed by atoms with Crippen LogP contribution < -0.4 is 5.32 Å². The molecule has 0 radical (unpaired) electrons. The average molecular weight is 257 g/mol. The fourth-order valence-electron chi connectivity index (χ4n) is 1.92. The minimum Gasteiger partial charge on any atom is -0.323 e. The molecule has 0 unspecified atom stereocenters. The Morgan fingerprint density at radius 2 is 2.05 bits per heavy atom. The molecule has 0 aliphatic carbocycles. The molecule has 0 aliphatic heterocycles. The van der Waals surface area contributed by atoms with Crippen molar-refractivity contribution in [1.29, 1.82) is 0 Å². The molecule has 1 aromatic carbocycles. The van der Waals surface area contributed by atoms with Crippen LogP contribution in [0.3, 0.4) is 0 Å². The van der Waals surface area contributed by atoms with Gasteiger partial charge in [0, 0.05) is 19.7 Å². The zero-order valence-electron chi connectivity index (χ0n) is 11.4. The highest BCUT2D eigenvalue weighted by Gasteiger charge is 2.04. The van der Waals surface area contributed by atoms with Gasteiger partial charge in [-0.15, -0.1) is 0 Å². The largest absolute Gasteiger partial charge is 0.323 e. The second kappa shape index (κ2) is 6.18. The first-order valence-corrected chi connectivity index (χ1v) is 6.47. The summed E-state index contributed by atoms with van der Waals surface area (Å²) in [7, 11) is 1.83. The first-order chi connectivity index (χ1) is 9.13. The van der Waals surface area contributed by atoms with Gasteiger partial charge in [0.15, 0.2) is 0 Å². The van der Waals surface area contributed by atoms with Crippen LogP contribution in [0.1, 0.15) is 24.0 Å². The topological polar surface area (TPSA) is 46.9 Å². The van der Waals surface area contributed by atoms with E-state index < -0.39 is 0 Å². The van der Waals surface area contributed by atoms with Crippen molar-refractivity contribution in [2.24, 2.45) is 7.05 Å². The summed E-state index contributed by atoms with van der Waals surface area (Å²) in [4.78, 5) is 11.7. The third kappa shape index (κ3) is 4.25. The number of benzene rings is 1. The predicted octanol–water partition coefficient (Wildman–Crippen LogP) is 2.69. The van der Waals surface area contributed by atoms with Crippen LogP contribution in [-0.4, -0.2) is 15.7 Å². The summed E-state index contributed by atoms with van der Waals surface area (Å²) in [6.45, 7) is 2.07. The quantitative estimate of drug-likeness (QED) is 0.895. The van der Waals surface area contributed by atoms with Crippen molar-refractivity contribution < 1.29 is 4.79 Å². The first kappa shape index (κ1) is 13.3. The van der Waals surface area contributed by atoms with Gasteiger partial charge in [0.25, 0.3) is 0 Å². The Bertz CT molecular complexity index is 543. The molecule has 1 N–H and O–H groups in total. The number of hydrogen-bond donors (Lipinski definition) is 1. The molecule has 4 heteroatoms. The van der Waals surface area contributed by atoms with Gasteiger partial charge in [0.2, 0.25) is 5.91 Å². The monoisotopic (exact) mass is 257 g/mol. The smallest absolute Gasteiger partial charge is 0.224 e. The van der Waals surface area contributed by atoms with E-state index in [4.69, 9.17) is 0 Å². The Labute approximate surface area is 113 Å². The van der Waals surface area contributed by atoms with E-state index in [1.54, 1.807) is 17.1 Å². The lowest BCUT2D eigenvalue weighted by Crippen LogP contribution is -2.10. The summed E-state index contributed by atoms with van der Waals surface area (Å²) in [5, 5.41) is 6.84. The van der Waals surface area contributed by atoms with Crippen molar-refractivity contribution in [3.8, 4) is 0 Å². The van der Waals surface area contributed by atoms with Crippen molar-refractivity contribution >= 4 is 11.6 Å². The summed E-state index contributed by atoms with van der Waals surface area (Å²) < 4.78 is 1.67. The molecule has 0 saturated carbocycles. The molecule has 19 heavy (non-hydrogen) atoms. The molecular formula is C15H19N3O. The first-order valence-electron chi connectivity index (χ1n) is 6.47. The highest BCUT2D eigenvalue weighted by Crippen LogP contribution is 2.09. The lowest BCUT2D eigenvalue weighted by Gasteiger charge is -2.03. The van der Waals surface area contributed by atoms with Crippen LogP contribution in [0.25, 0.3) is 0 Å². The molecule has 0 saturated heterocycles. The molecule has 1 aromatic heterocycles. The summed E-state index contributed by atoms with van der Waals surface area (Å²) in [5.74, 6) is 0.0418. The molecule has 0 atom stereocenters. The number of aromatic nitrogens is 2. The van der Waals surface area contributed by atoms with Crippen molar-refractivity contribution in [2.75, 3.05) is 5.32 Å². The minimum absolute atomic E-state index is 0.0418. The second-order valence-corrected chi connectivity index (χ2v) is 4.79. The predicted molar refractivity (Wildman–Crippen MR) is 76.0 cm³/mol.